The molecule has 20 heavy (non-hydrogen) atoms. The van der Waals surface area contributed by atoms with Crippen molar-refractivity contribution in [3.05, 3.63) is 64.7 Å². The van der Waals surface area contributed by atoms with Crippen molar-refractivity contribution >= 4 is 11.6 Å². The van der Waals surface area contributed by atoms with Crippen LogP contribution in [-0.2, 0) is 13.0 Å². The van der Waals surface area contributed by atoms with Crippen LogP contribution in [-0.4, -0.2) is 5.91 Å². The second-order valence-corrected chi connectivity index (χ2v) is 4.88. The lowest BCUT2D eigenvalue weighted by Crippen LogP contribution is -2.23. The van der Waals surface area contributed by atoms with Gasteiger partial charge in [0.1, 0.15) is 0 Å². The van der Waals surface area contributed by atoms with Gasteiger partial charge in [-0.2, -0.15) is 0 Å². The predicted molar refractivity (Wildman–Crippen MR) is 82.6 cm³/mol. The van der Waals surface area contributed by atoms with Gasteiger partial charge in [0.2, 0.25) is 0 Å². The van der Waals surface area contributed by atoms with Crippen LogP contribution in [0.25, 0.3) is 0 Å². The molecule has 2 rings (SSSR count). The first-order chi connectivity index (χ1) is 9.61. The third kappa shape index (κ3) is 3.18. The third-order valence-electron chi connectivity index (χ3n) is 3.48. The molecule has 0 aliphatic carbocycles. The van der Waals surface area contributed by atoms with E-state index in [0.717, 1.165) is 17.5 Å². The molecule has 0 atom stereocenters. The van der Waals surface area contributed by atoms with Crippen LogP contribution in [0.1, 0.15) is 34.0 Å². The summed E-state index contributed by atoms with van der Waals surface area (Å²) in [6.07, 6.45) is 0.962. The topological polar surface area (TPSA) is 55.1 Å². The van der Waals surface area contributed by atoms with Gasteiger partial charge >= 0.3 is 0 Å². The van der Waals surface area contributed by atoms with Crippen molar-refractivity contribution in [1.82, 2.24) is 5.32 Å². The molecule has 0 heterocycles. The van der Waals surface area contributed by atoms with Gasteiger partial charge in [-0.15, -0.1) is 0 Å². The van der Waals surface area contributed by atoms with E-state index in [2.05, 4.69) is 18.3 Å². The number of carbonyl (C=O) groups is 1. The Balaban J connectivity index is 2.06. The van der Waals surface area contributed by atoms with Crippen LogP contribution in [0.15, 0.2) is 42.5 Å². The van der Waals surface area contributed by atoms with Crippen molar-refractivity contribution in [2.75, 3.05) is 5.73 Å². The van der Waals surface area contributed by atoms with E-state index < -0.39 is 0 Å². The first-order valence-corrected chi connectivity index (χ1v) is 6.83. The lowest BCUT2D eigenvalue weighted by Gasteiger charge is -2.10. The van der Waals surface area contributed by atoms with E-state index in [4.69, 9.17) is 5.73 Å². The number of amides is 1. The maximum atomic E-state index is 12.1. The number of rotatable bonds is 4. The Hall–Kier alpha value is -2.29. The summed E-state index contributed by atoms with van der Waals surface area (Å²) in [6.45, 7) is 4.58. The fraction of sp³-hybridized carbons (Fsp3) is 0.235. The Morgan fingerprint density at radius 2 is 1.85 bits per heavy atom. The molecule has 0 radical (unpaired) electrons. The SMILES string of the molecule is CCc1ccccc1CNC(=O)c1ccc(C)c(N)c1. The minimum Gasteiger partial charge on any atom is -0.398 e. The highest BCUT2D eigenvalue weighted by molar-refractivity contribution is 5.95. The van der Waals surface area contributed by atoms with Gasteiger partial charge in [-0.1, -0.05) is 37.3 Å². The molecule has 2 aromatic rings. The van der Waals surface area contributed by atoms with E-state index in [1.54, 1.807) is 12.1 Å². The number of hydrogen-bond acceptors (Lipinski definition) is 2. The minimum absolute atomic E-state index is 0.0948. The van der Waals surface area contributed by atoms with E-state index in [-0.39, 0.29) is 5.91 Å². The zero-order chi connectivity index (χ0) is 14.5. The Morgan fingerprint density at radius 3 is 2.50 bits per heavy atom. The van der Waals surface area contributed by atoms with Crippen LogP contribution in [0.3, 0.4) is 0 Å². The van der Waals surface area contributed by atoms with Gasteiger partial charge in [0.05, 0.1) is 0 Å². The smallest absolute Gasteiger partial charge is 0.251 e. The van der Waals surface area contributed by atoms with Crippen molar-refractivity contribution in [1.29, 1.82) is 0 Å². The Labute approximate surface area is 119 Å². The molecule has 2 aromatic carbocycles. The number of anilines is 1. The van der Waals surface area contributed by atoms with Crippen molar-refractivity contribution in [3.8, 4) is 0 Å². The average Bonchev–Trinajstić information content (AvgIpc) is 2.47. The fourth-order valence-corrected chi connectivity index (χ4v) is 2.13. The van der Waals surface area contributed by atoms with Crippen molar-refractivity contribution in [3.63, 3.8) is 0 Å². The molecule has 104 valence electrons. The summed E-state index contributed by atoms with van der Waals surface area (Å²) in [5.74, 6) is -0.0948. The molecule has 0 aliphatic heterocycles. The maximum Gasteiger partial charge on any atom is 0.251 e. The number of nitrogens with one attached hydrogen (secondary N) is 1. The molecule has 0 bridgehead atoms. The molecule has 0 aliphatic rings. The van der Waals surface area contributed by atoms with Crippen molar-refractivity contribution in [2.45, 2.75) is 26.8 Å². The summed E-state index contributed by atoms with van der Waals surface area (Å²) in [5, 5.41) is 2.94. The highest BCUT2D eigenvalue weighted by Gasteiger charge is 2.07. The molecule has 3 heteroatoms. The molecular formula is C17H20N2O. The first kappa shape index (κ1) is 14.1. The molecule has 3 nitrogen and oxygen atoms in total. The lowest BCUT2D eigenvalue weighted by atomic mass is 10.1. The highest BCUT2D eigenvalue weighted by atomic mass is 16.1. The van der Waals surface area contributed by atoms with Gasteiger partial charge in [0.25, 0.3) is 5.91 Å². The van der Waals surface area contributed by atoms with E-state index >= 15 is 0 Å². The fourth-order valence-electron chi connectivity index (χ4n) is 2.13. The summed E-state index contributed by atoms with van der Waals surface area (Å²) in [4.78, 5) is 12.1. The molecule has 0 saturated heterocycles. The van der Waals surface area contributed by atoms with E-state index in [9.17, 15) is 4.79 Å². The van der Waals surface area contributed by atoms with Gasteiger partial charge in [0.15, 0.2) is 0 Å². The second kappa shape index (κ2) is 6.24. The van der Waals surface area contributed by atoms with E-state index in [1.165, 1.54) is 5.56 Å². The van der Waals surface area contributed by atoms with Crippen molar-refractivity contribution < 1.29 is 4.79 Å². The molecule has 0 saturated carbocycles. The Morgan fingerprint density at radius 1 is 1.15 bits per heavy atom. The molecule has 0 spiro atoms. The summed E-state index contributed by atoms with van der Waals surface area (Å²) in [7, 11) is 0. The van der Waals surface area contributed by atoms with Crippen LogP contribution >= 0.6 is 0 Å². The molecule has 0 aromatic heterocycles. The quantitative estimate of drug-likeness (QED) is 0.837. The van der Waals surface area contributed by atoms with E-state index in [1.807, 2.05) is 31.2 Å². The number of hydrogen-bond donors (Lipinski definition) is 2. The van der Waals surface area contributed by atoms with Gasteiger partial charge < -0.3 is 11.1 Å². The standard InChI is InChI=1S/C17H20N2O/c1-3-13-6-4-5-7-15(13)11-19-17(20)14-9-8-12(2)16(18)10-14/h4-10H,3,11,18H2,1-2H3,(H,19,20). The Kier molecular flexibility index (Phi) is 4.41. The van der Waals surface area contributed by atoms with Gasteiger partial charge in [-0.3, -0.25) is 4.79 Å². The summed E-state index contributed by atoms with van der Waals surface area (Å²) >= 11 is 0. The van der Waals surface area contributed by atoms with Crippen LogP contribution in [0, 0.1) is 6.92 Å². The zero-order valence-electron chi connectivity index (χ0n) is 11.9. The summed E-state index contributed by atoms with van der Waals surface area (Å²) in [5.41, 5.74) is 10.5. The first-order valence-electron chi connectivity index (χ1n) is 6.83. The zero-order valence-corrected chi connectivity index (χ0v) is 11.9. The maximum absolute atomic E-state index is 12.1. The van der Waals surface area contributed by atoms with E-state index in [0.29, 0.717) is 17.8 Å². The van der Waals surface area contributed by atoms with Crippen LogP contribution in [0.4, 0.5) is 5.69 Å². The summed E-state index contributed by atoms with van der Waals surface area (Å²) < 4.78 is 0. The molecule has 0 unspecified atom stereocenters. The normalized spacial score (nSPS) is 10.3. The van der Waals surface area contributed by atoms with Gasteiger partial charge in [0, 0.05) is 17.8 Å². The predicted octanol–water partition coefficient (Wildman–Crippen LogP) is 3.07. The largest absolute Gasteiger partial charge is 0.398 e. The minimum atomic E-state index is -0.0948. The number of nitrogens with two attached hydrogens (primary N) is 1. The second-order valence-electron chi connectivity index (χ2n) is 4.88. The molecule has 1 amide bonds. The van der Waals surface area contributed by atoms with Gasteiger partial charge in [-0.25, -0.2) is 0 Å². The number of carbonyl (C=O) groups excluding carboxylic acids is 1. The molecule has 0 fully saturated rings. The van der Waals surface area contributed by atoms with Crippen LogP contribution < -0.4 is 11.1 Å². The average molecular weight is 268 g/mol. The number of nitrogen functional groups attached to an aromatic ring is 1. The number of benzene rings is 2. The Bertz CT molecular complexity index is 620. The molecular weight excluding hydrogens is 248 g/mol. The highest BCUT2D eigenvalue weighted by Crippen LogP contribution is 2.13. The lowest BCUT2D eigenvalue weighted by molar-refractivity contribution is 0.0951. The molecule has 3 N–H and O–H groups in total. The van der Waals surface area contributed by atoms with Crippen LogP contribution in [0.2, 0.25) is 0 Å². The number of aryl methyl sites for hydroxylation is 2. The van der Waals surface area contributed by atoms with Gasteiger partial charge in [-0.05, 0) is 42.2 Å². The van der Waals surface area contributed by atoms with Crippen molar-refractivity contribution in [2.24, 2.45) is 0 Å². The third-order valence-corrected chi connectivity index (χ3v) is 3.48. The van der Waals surface area contributed by atoms with Crippen LogP contribution in [0.5, 0.6) is 0 Å². The monoisotopic (exact) mass is 268 g/mol. The summed E-state index contributed by atoms with van der Waals surface area (Å²) in [6, 6.07) is 13.5.